The van der Waals surface area contributed by atoms with Crippen molar-refractivity contribution in [2.45, 2.75) is 5.25 Å². The number of hydrogen-bond acceptors (Lipinski definition) is 2. The maximum absolute atomic E-state index is 13.3. The first-order valence-corrected chi connectivity index (χ1v) is 5.49. The minimum atomic E-state index is -0.0799. The van der Waals surface area contributed by atoms with Gasteiger partial charge in [0.05, 0.1) is 0 Å². The molecule has 1 heterocycles. The van der Waals surface area contributed by atoms with Crippen molar-refractivity contribution in [1.29, 1.82) is 0 Å². The Bertz CT molecular complexity index is 284. The van der Waals surface area contributed by atoms with Gasteiger partial charge in [-0.2, -0.15) is 11.8 Å². The van der Waals surface area contributed by atoms with Gasteiger partial charge < -0.3 is 5.32 Å². The fourth-order valence-corrected chi connectivity index (χ4v) is 2.65. The highest BCUT2D eigenvalue weighted by Gasteiger charge is 2.17. The molecule has 1 N–H and O–H groups in total. The Kier molecular flexibility index (Phi) is 2.86. The number of benzene rings is 1. The summed E-state index contributed by atoms with van der Waals surface area (Å²) in [5.74, 6) is 0.989. The molecule has 1 atom stereocenters. The largest absolute Gasteiger partial charge is 0.314 e. The Labute approximate surface area is 81.7 Å². The van der Waals surface area contributed by atoms with E-state index in [-0.39, 0.29) is 11.1 Å². The van der Waals surface area contributed by atoms with Crippen LogP contribution in [0.4, 0.5) is 4.39 Å². The van der Waals surface area contributed by atoms with Crippen molar-refractivity contribution in [2.75, 3.05) is 18.8 Å². The second-order valence-corrected chi connectivity index (χ2v) is 4.40. The molecule has 1 aromatic rings. The predicted octanol–water partition coefficient (Wildman–Crippen LogP) is 2.20. The zero-order valence-corrected chi connectivity index (χ0v) is 8.11. The molecule has 3 heteroatoms. The molecule has 1 aliphatic heterocycles. The van der Waals surface area contributed by atoms with Gasteiger partial charge in [0, 0.05) is 29.7 Å². The summed E-state index contributed by atoms with van der Waals surface area (Å²) in [6.07, 6.45) is 0. The molecule has 0 spiro atoms. The second-order valence-electron chi connectivity index (χ2n) is 3.09. The maximum Gasteiger partial charge on any atom is 0.127 e. The number of thioether (sulfide) groups is 1. The second kappa shape index (κ2) is 4.11. The average molecular weight is 197 g/mol. The van der Waals surface area contributed by atoms with Gasteiger partial charge in [0.2, 0.25) is 0 Å². The first-order chi connectivity index (χ1) is 6.38. The monoisotopic (exact) mass is 197 g/mol. The topological polar surface area (TPSA) is 12.0 Å². The Hall–Kier alpha value is -0.540. The summed E-state index contributed by atoms with van der Waals surface area (Å²) in [7, 11) is 0. The van der Waals surface area contributed by atoms with E-state index in [9.17, 15) is 4.39 Å². The van der Waals surface area contributed by atoms with Crippen LogP contribution in [0, 0.1) is 5.82 Å². The lowest BCUT2D eigenvalue weighted by Gasteiger charge is -2.22. The van der Waals surface area contributed by atoms with E-state index in [0.717, 1.165) is 24.4 Å². The fourth-order valence-electron chi connectivity index (χ4n) is 1.50. The van der Waals surface area contributed by atoms with Crippen LogP contribution in [-0.2, 0) is 0 Å². The summed E-state index contributed by atoms with van der Waals surface area (Å²) in [6, 6.07) is 7.04. The highest BCUT2D eigenvalue weighted by Crippen LogP contribution is 2.31. The van der Waals surface area contributed by atoms with Crippen LogP contribution in [0.3, 0.4) is 0 Å². The molecule has 0 radical (unpaired) electrons. The van der Waals surface area contributed by atoms with Crippen molar-refractivity contribution in [3.05, 3.63) is 35.6 Å². The van der Waals surface area contributed by atoms with Gasteiger partial charge in [0.25, 0.3) is 0 Å². The molecule has 13 heavy (non-hydrogen) atoms. The van der Waals surface area contributed by atoms with Crippen LogP contribution in [0.5, 0.6) is 0 Å². The number of hydrogen-bond donors (Lipinski definition) is 1. The Balaban J connectivity index is 2.18. The SMILES string of the molecule is Fc1ccccc1C1CNCCS1. The minimum Gasteiger partial charge on any atom is -0.314 e. The Morgan fingerprint density at radius 3 is 2.92 bits per heavy atom. The first-order valence-electron chi connectivity index (χ1n) is 4.44. The molecular weight excluding hydrogens is 185 g/mol. The van der Waals surface area contributed by atoms with Crippen LogP contribution in [0.2, 0.25) is 0 Å². The lowest BCUT2D eigenvalue weighted by atomic mass is 10.1. The van der Waals surface area contributed by atoms with Crippen LogP contribution in [0.15, 0.2) is 24.3 Å². The summed E-state index contributed by atoms with van der Waals surface area (Å²) in [4.78, 5) is 0. The zero-order valence-electron chi connectivity index (χ0n) is 7.29. The molecule has 1 fully saturated rings. The van der Waals surface area contributed by atoms with Gasteiger partial charge in [-0.15, -0.1) is 0 Å². The highest BCUT2D eigenvalue weighted by molar-refractivity contribution is 7.99. The van der Waals surface area contributed by atoms with Crippen molar-refractivity contribution >= 4 is 11.8 Å². The average Bonchev–Trinajstić information content (AvgIpc) is 2.20. The van der Waals surface area contributed by atoms with Crippen molar-refractivity contribution in [3.8, 4) is 0 Å². The summed E-state index contributed by atoms with van der Waals surface area (Å²) < 4.78 is 13.3. The molecule has 1 nitrogen and oxygen atoms in total. The lowest BCUT2D eigenvalue weighted by Crippen LogP contribution is -2.28. The van der Waals surface area contributed by atoms with Gasteiger partial charge in [0.15, 0.2) is 0 Å². The van der Waals surface area contributed by atoms with E-state index in [4.69, 9.17) is 0 Å². The molecule has 70 valence electrons. The molecule has 1 saturated heterocycles. The number of rotatable bonds is 1. The van der Waals surface area contributed by atoms with Gasteiger partial charge in [-0.1, -0.05) is 18.2 Å². The quantitative estimate of drug-likeness (QED) is 0.740. The van der Waals surface area contributed by atoms with E-state index in [1.165, 1.54) is 6.07 Å². The van der Waals surface area contributed by atoms with Gasteiger partial charge in [0.1, 0.15) is 5.82 Å². The van der Waals surface area contributed by atoms with E-state index in [1.807, 2.05) is 23.9 Å². The standard InChI is InChI=1S/C10H12FNS/c11-9-4-2-1-3-8(9)10-7-12-5-6-13-10/h1-4,10,12H,5-7H2. The molecule has 0 aromatic heterocycles. The smallest absolute Gasteiger partial charge is 0.127 e. The van der Waals surface area contributed by atoms with Crippen LogP contribution < -0.4 is 5.32 Å². The summed E-state index contributed by atoms with van der Waals surface area (Å²) in [5.41, 5.74) is 0.833. The van der Waals surface area contributed by atoms with Gasteiger partial charge in [-0.25, -0.2) is 4.39 Å². The summed E-state index contributed by atoms with van der Waals surface area (Å²) in [5, 5.41) is 3.56. The molecule has 1 aliphatic rings. The molecule has 1 unspecified atom stereocenters. The van der Waals surface area contributed by atoms with Crippen LogP contribution in [0.25, 0.3) is 0 Å². The summed E-state index contributed by atoms with van der Waals surface area (Å²) in [6.45, 7) is 1.92. The zero-order chi connectivity index (χ0) is 9.10. The van der Waals surface area contributed by atoms with Gasteiger partial charge in [-0.05, 0) is 6.07 Å². The van der Waals surface area contributed by atoms with Gasteiger partial charge in [-0.3, -0.25) is 0 Å². The fraction of sp³-hybridized carbons (Fsp3) is 0.400. The normalized spacial score (nSPS) is 23.0. The van der Waals surface area contributed by atoms with Crippen LogP contribution in [0.1, 0.15) is 10.8 Å². The van der Waals surface area contributed by atoms with E-state index in [0.29, 0.717) is 0 Å². The van der Waals surface area contributed by atoms with E-state index < -0.39 is 0 Å². The molecule has 1 aromatic carbocycles. The van der Waals surface area contributed by atoms with E-state index >= 15 is 0 Å². The molecule has 0 aliphatic carbocycles. The molecule has 0 amide bonds. The van der Waals surface area contributed by atoms with E-state index in [1.54, 1.807) is 6.07 Å². The van der Waals surface area contributed by atoms with Crippen molar-refractivity contribution in [3.63, 3.8) is 0 Å². The van der Waals surface area contributed by atoms with Crippen LogP contribution >= 0.6 is 11.8 Å². The van der Waals surface area contributed by atoms with Crippen molar-refractivity contribution < 1.29 is 4.39 Å². The highest BCUT2D eigenvalue weighted by atomic mass is 32.2. The third-order valence-electron chi connectivity index (χ3n) is 2.18. The number of nitrogens with one attached hydrogen (secondary N) is 1. The predicted molar refractivity (Wildman–Crippen MR) is 54.5 cm³/mol. The number of halogens is 1. The van der Waals surface area contributed by atoms with Crippen LogP contribution in [-0.4, -0.2) is 18.8 Å². The Morgan fingerprint density at radius 1 is 1.38 bits per heavy atom. The van der Waals surface area contributed by atoms with Gasteiger partial charge >= 0.3 is 0 Å². The van der Waals surface area contributed by atoms with E-state index in [2.05, 4.69) is 5.32 Å². The third kappa shape index (κ3) is 2.03. The molecule has 0 saturated carbocycles. The third-order valence-corrected chi connectivity index (χ3v) is 3.44. The lowest BCUT2D eigenvalue weighted by molar-refractivity contribution is 0.594. The Morgan fingerprint density at radius 2 is 2.23 bits per heavy atom. The first kappa shape index (κ1) is 9.03. The minimum absolute atomic E-state index is 0.0799. The molecular formula is C10H12FNS. The maximum atomic E-state index is 13.3. The molecule has 0 bridgehead atoms. The summed E-state index contributed by atoms with van der Waals surface area (Å²) >= 11 is 1.83. The van der Waals surface area contributed by atoms with Crippen molar-refractivity contribution in [2.24, 2.45) is 0 Å². The van der Waals surface area contributed by atoms with Crippen molar-refractivity contribution in [1.82, 2.24) is 5.32 Å². The molecule has 2 rings (SSSR count).